The predicted octanol–water partition coefficient (Wildman–Crippen LogP) is 1.16. The van der Waals surface area contributed by atoms with Gasteiger partial charge in [-0.2, -0.15) is 0 Å². The Labute approximate surface area is 157 Å². The van der Waals surface area contributed by atoms with Crippen LogP contribution in [0.4, 0.5) is 11.4 Å². The number of amides is 2. The highest BCUT2D eigenvalue weighted by Gasteiger charge is 2.30. The number of nitrogens with zero attached hydrogens (tertiary/aromatic N) is 3. The standard InChI is InChI=1S/C18H24N4O5/c1-13-4-2-5-14(22(25)26)17(13)19-16(23)12-20-7-9-21(10-8-20)18(24)15-6-3-11-27-15/h2,4-5,15H,3,6-12H2,1H3,(H,19,23)/t15-/m1/s1. The zero-order chi connectivity index (χ0) is 19.4. The molecular formula is C18H24N4O5. The minimum Gasteiger partial charge on any atom is -0.368 e. The number of ether oxygens (including phenoxy) is 1. The highest BCUT2D eigenvalue weighted by molar-refractivity contribution is 5.95. The number of anilines is 1. The number of hydrogen-bond acceptors (Lipinski definition) is 6. The van der Waals surface area contributed by atoms with Crippen molar-refractivity contribution in [1.29, 1.82) is 0 Å². The number of para-hydroxylation sites is 1. The van der Waals surface area contributed by atoms with Gasteiger partial charge in [-0.25, -0.2) is 0 Å². The van der Waals surface area contributed by atoms with Crippen LogP contribution in [0.3, 0.4) is 0 Å². The predicted molar refractivity (Wildman–Crippen MR) is 98.5 cm³/mol. The summed E-state index contributed by atoms with van der Waals surface area (Å²) in [5, 5.41) is 13.8. The largest absolute Gasteiger partial charge is 0.368 e. The van der Waals surface area contributed by atoms with Crippen molar-refractivity contribution >= 4 is 23.2 Å². The number of hydrogen-bond donors (Lipinski definition) is 1. The number of nitro benzene ring substituents is 1. The topological polar surface area (TPSA) is 105 Å². The summed E-state index contributed by atoms with van der Waals surface area (Å²) in [7, 11) is 0. The first kappa shape index (κ1) is 19.2. The van der Waals surface area contributed by atoms with Crippen LogP contribution in [-0.2, 0) is 14.3 Å². The number of piperazine rings is 1. The molecule has 0 bridgehead atoms. The van der Waals surface area contributed by atoms with Gasteiger partial charge in [-0.1, -0.05) is 12.1 Å². The molecule has 1 aromatic carbocycles. The monoisotopic (exact) mass is 376 g/mol. The summed E-state index contributed by atoms with van der Waals surface area (Å²) >= 11 is 0. The molecule has 2 fully saturated rings. The van der Waals surface area contributed by atoms with Gasteiger partial charge in [0.25, 0.3) is 11.6 Å². The van der Waals surface area contributed by atoms with Gasteiger partial charge in [0.05, 0.1) is 11.5 Å². The first-order chi connectivity index (χ1) is 13.0. The fourth-order valence-electron chi connectivity index (χ4n) is 3.45. The Bertz CT molecular complexity index is 724. The Kier molecular flexibility index (Phi) is 6.02. The van der Waals surface area contributed by atoms with Crippen LogP contribution in [0.5, 0.6) is 0 Å². The molecule has 2 saturated heterocycles. The lowest BCUT2D eigenvalue weighted by atomic mass is 10.1. The summed E-state index contributed by atoms with van der Waals surface area (Å²) in [6.45, 7) is 4.77. The first-order valence-electron chi connectivity index (χ1n) is 9.12. The van der Waals surface area contributed by atoms with Crippen molar-refractivity contribution < 1.29 is 19.2 Å². The van der Waals surface area contributed by atoms with Crippen LogP contribution in [-0.4, -0.2) is 72.0 Å². The van der Waals surface area contributed by atoms with E-state index in [9.17, 15) is 19.7 Å². The molecule has 0 radical (unpaired) electrons. The normalized spacial score (nSPS) is 20.5. The lowest BCUT2D eigenvalue weighted by molar-refractivity contribution is -0.384. The molecule has 1 N–H and O–H groups in total. The van der Waals surface area contributed by atoms with Crippen molar-refractivity contribution in [2.75, 3.05) is 44.6 Å². The van der Waals surface area contributed by atoms with E-state index in [4.69, 9.17) is 4.74 Å². The van der Waals surface area contributed by atoms with E-state index in [2.05, 4.69) is 5.32 Å². The van der Waals surface area contributed by atoms with Gasteiger partial charge >= 0.3 is 0 Å². The van der Waals surface area contributed by atoms with E-state index in [0.29, 0.717) is 38.3 Å². The summed E-state index contributed by atoms with van der Waals surface area (Å²) in [6.07, 6.45) is 1.37. The van der Waals surface area contributed by atoms with Gasteiger partial charge in [0.2, 0.25) is 5.91 Å². The summed E-state index contributed by atoms with van der Waals surface area (Å²) in [6, 6.07) is 4.68. The molecule has 1 aromatic rings. The lowest BCUT2D eigenvalue weighted by Gasteiger charge is -2.35. The maximum atomic E-state index is 12.4. The summed E-state index contributed by atoms with van der Waals surface area (Å²) in [5.41, 5.74) is 0.763. The molecule has 27 heavy (non-hydrogen) atoms. The molecule has 0 saturated carbocycles. The van der Waals surface area contributed by atoms with Crippen LogP contribution >= 0.6 is 0 Å². The van der Waals surface area contributed by atoms with Gasteiger partial charge in [-0.05, 0) is 25.3 Å². The minimum atomic E-state index is -0.502. The van der Waals surface area contributed by atoms with Gasteiger partial charge in [0, 0.05) is 38.9 Å². The summed E-state index contributed by atoms with van der Waals surface area (Å²) in [5.74, 6) is -0.265. The van der Waals surface area contributed by atoms with Crippen molar-refractivity contribution in [3.63, 3.8) is 0 Å². The summed E-state index contributed by atoms with van der Waals surface area (Å²) < 4.78 is 5.44. The highest BCUT2D eigenvalue weighted by atomic mass is 16.6. The zero-order valence-electron chi connectivity index (χ0n) is 15.3. The molecule has 0 spiro atoms. The number of carbonyl (C=O) groups is 2. The number of benzene rings is 1. The fraction of sp³-hybridized carbons (Fsp3) is 0.556. The third kappa shape index (κ3) is 4.61. The van der Waals surface area contributed by atoms with Crippen LogP contribution in [0.15, 0.2) is 18.2 Å². The van der Waals surface area contributed by atoms with Gasteiger partial charge in [0.15, 0.2) is 0 Å². The van der Waals surface area contributed by atoms with E-state index >= 15 is 0 Å². The zero-order valence-corrected chi connectivity index (χ0v) is 15.3. The third-order valence-corrected chi connectivity index (χ3v) is 4.97. The Morgan fingerprint density at radius 1 is 1.30 bits per heavy atom. The van der Waals surface area contributed by atoms with Crippen molar-refractivity contribution in [1.82, 2.24) is 9.80 Å². The van der Waals surface area contributed by atoms with Crippen molar-refractivity contribution in [3.8, 4) is 0 Å². The minimum absolute atomic E-state index is 0.0344. The number of carbonyl (C=O) groups excluding carboxylic acids is 2. The lowest BCUT2D eigenvalue weighted by Crippen LogP contribution is -2.52. The Morgan fingerprint density at radius 2 is 2.04 bits per heavy atom. The van der Waals surface area contributed by atoms with Crippen LogP contribution in [0.25, 0.3) is 0 Å². The third-order valence-electron chi connectivity index (χ3n) is 4.97. The van der Waals surface area contributed by atoms with E-state index < -0.39 is 4.92 Å². The molecule has 2 aliphatic rings. The van der Waals surface area contributed by atoms with Gasteiger partial charge in [-0.3, -0.25) is 24.6 Å². The molecule has 0 unspecified atom stereocenters. The molecule has 146 valence electrons. The maximum Gasteiger partial charge on any atom is 0.293 e. The molecule has 2 heterocycles. The van der Waals surface area contributed by atoms with E-state index in [1.807, 2.05) is 4.90 Å². The molecule has 9 nitrogen and oxygen atoms in total. The molecule has 9 heteroatoms. The number of nitro groups is 1. The molecule has 1 atom stereocenters. The second kappa shape index (κ2) is 8.45. The van der Waals surface area contributed by atoms with E-state index in [1.165, 1.54) is 6.07 Å². The highest BCUT2D eigenvalue weighted by Crippen LogP contribution is 2.27. The van der Waals surface area contributed by atoms with Gasteiger partial charge in [-0.15, -0.1) is 0 Å². The second-order valence-electron chi connectivity index (χ2n) is 6.88. The fourth-order valence-corrected chi connectivity index (χ4v) is 3.45. The van der Waals surface area contributed by atoms with Crippen LogP contribution in [0.2, 0.25) is 0 Å². The maximum absolute atomic E-state index is 12.4. The van der Waals surface area contributed by atoms with Crippen LogP contribution < -0.4 is 5.32 Å². The molecular weight excluding hydrogens is 352 g/mol. The second-order valence-corrected chi connectivity index (χ2v) is 6.88. The average molecular weight is 376 g/mol. The first-order valence-corrected chi connectivity index (χ1v) is 9.12. The smallest absolute Gasteiger partial charge is 0.293 e. The van der Waals surface area contributed by atoms with Gasteiger partial charge in [0.1, 0.15) is 11.8 Å². The van der Waals surface area contributed by atoms with E-state index in [1.54, 1.807) is 24.0 Å². The molecule has 0 aromatic heterocycles. The van der Waals surface area contributed by atoms with Crippen molar-refractivity contribution in [2.45, 2.75) is 25.9 Å². The quantitative estimate of drug-likeness (QED) is 0.611. The van der Waals surface area contributed by atoms with E-state index in [0.717, 1.165) is 12.8 Å². The van der Waals surface area contributed by atoms with E-state index in [-0.39, 0.29) is 35.8 Å². The molecule has 3 rings (SSSR count). The van der Waals surface area contributed by atoms with Crippen LogP contribution in [0.1, 0.15) is 18.4 Å². The number of rotatable bonds is 5. The number of nitrogens with one attached hydrogen (secondary N) is 1. The average Bonchev–Trinajstić information content (AvgIpc) is 3.18. The SMILES string of the molecule is Cc1cccc([N+](=O)[O-])c1NC(=O)CN1CCN(C(=O)[C@H]2CCCO2)CC1. The molecule has 0 aliphatic carbocycles. The van der Waals surface area contributed by atoms with Crippen LogP contribution in [0, 0.1) is 17.0 Å². The summed E-state index contributed by atoms with van der Waals surface area (Å²) in [4.78, 5) is 39.1. The van der Waals surface area contributed by atoms with Crippen molar-refractivity contribution in [2.24, 2.45) is 0 Å². The van der Waals surface area contributed by atoms with Gasteiger partial charge < -0.3 is 15.0 Å². The Hall–Kier alpha value is -2.52. The number of aryl methyl sites for hydroxylation is 1. The van der Waals surface area contributed by atoms with Crippen molar-refractivity contribution in [3.05, 3.63) is 33.9 Å². The Morgan fingerprint density at radius 3 is 2.67 bits per heavy atom. The molecule has 2 amide bonds. The molecule has 2 aliphatic heterocycles. The Balaban J connectivity index is 1.51.